The third kappa shape index (κ3) is 1.95. The molecule has 0 atom stereocenters. The van der Waals surface area contributed by atoms with E-state index in [0.29, 0.717) is 16.1 Å². The Morgan fingerprint density at radius 2 is 2.00 bits per heavy atom. The van der Waals surface area contributed by atoms with Crippen LogP contribution in [0.3, 0.4) is 0 Å². The fraction of sp³-hybridized carbons (Fsp3) is 0.412. The van der Waals surface area contributed by atoms with Crippen molar-refractivity contribution in [3.63, 3.8) is 0 Å². The minimum Gasteiger partial charge on any atom is -0.370 e. The number of hydrogen-bond acceptors (Lipinski definition) is 4. The summed E-state index contributed by atoms with van der Waals surface area (Å²) in [6.45, 7) is 5.63. The first kappa shape index (κ1) is 13.2. The lowest BCUT2D eigenvalue weighted by atomic mass is 9.91. The number of piperidine rings is 1. The Hall–Kier alpha value is -2.48. The minimum atomic E-state index is -0.463. The molecule has 5 nitrogen and oxygen atoms in total. The summed E-state index contributed by atoms with van der Waals surface area (Å²) in [4.78, 5) is 22.4. The van der Waals surface area contributed by atoms with E-state index in [1.807, 2.05) is 6.07 Å². The average molecular weight is 292 g/mol. The van der Waals surface area contributed by atoms with Crippen molar-refractivity contribution in [2.24, 2.45) is 10.4 Å². The summed E-state index contributed by atoms with van der Waals surface area (Å²) in [6.07, 6.45) is 6.48. The van der Waals surface area contributed by atoms with Crippen molar-refractivity contribution in [2.45, 2.75) is 25.7 Å². The van der Waals surface area contributed by atoms with Crippen LogP contribution in [0.1, 0.15) is 31.2 Å². The van der Waals surface area contributed by atoms with Crippen molar-refractivity contribution in [3.8, 4) is 6.07 Å². The van der Waals surface area contributed by atoms with Crippen molar-refractivity contribution < 1.29 is 4.79 Å². The number of hydrogen-bond donors (Lipinski definition) is 0. The van der Waals surface area contributed by atoms with Gasteiger partial charge in [0.05, 0.1) is 22.6 Å². The molecule has 1 aliphatic carbocycles. The maximum absolute atomic E-state index is 12.1. The number of nitriles is 1. The Labute approximate surface area is 128 Å². The van der Waals surface area contributed by atoms with Crippen LogP contribution in [0.25, 0.3) is 12.3 Å². The lowest BCUT2D eigenvalue weighted by Gasteiger charge is -2.36. The molecular formula is C17H16N4O. The second-order valence-corrected chi connectivity index (χ2v) is 6.43. The van der Waals surface area contributed by atoms with Crippen molar-refractivity contribution in [1.29, 1.82) is 5.26 Å². The number of pyridine rings is 1. The second kappa shape index (κ2) is 4.51. The lowest BCUT2D eigenvalue weighted by Crippen LogP contribution is -2.38. The molecule has 1 saturated carbocycles. The van der Waals surface area contributed by atoms with Crippen molar-refractivity contribution >= 4 is 18.2 Å². The molecule has 1 aromatic rings. The zero-order valence-corrected chi connectivity index (χ0v) is 12.3. The molecule has 3 heterocycles. The Balaban J connectivity index is 1.82. The molecule has 22 heavy (non-hydrogen) atoms. The van der Waals surface area contributed by atoms with Gasteiger partial charge in [0.25, 0.3) is 5.91 Å². The number of likely N-dealkylation sites (tertiary alicyclic amines) is 1. The van der Waals surface area contributed by atoms with Crippen LogP contribution in [0, 0.1) is 16.7 Å². The van der Waals surface area contributed by atoms with Crippen LogP contribution in [0.2, 0.25) is 0 Å². The molecule has 1 aromatic heterocycles. The molecule has 1 saturated heterocycles. The molecule has 0 N–H and O–H groups in total. The summed E-state index contributed by atoms with van der Waals surface area (Å²) < 4.78 is 0. The molecule has 4 rings (SSSR count). The van der Waals surface area contributed by atoms with Gasteiger partial charge in [0.1, 0.15) is 11.6 Å². The largest absolute Gasteiger partial charge is 0.370 e. The Morgan fingerprint density at radius 1 is 1.27 bits per heavy atom. The van der Waals surface area contributed by atoms with Crippen LogP contribution < -0.4 is 10.7 Å². The van der Waals surface area contributed by atoms with Crippen LogP contribution in [-0.2, 0) is 4.79 Å². The summed E-state index contributed by atoms with van der Waals surface area (Å²) in [5, 5.41) is 10.6. The summed E-state index contributed by atoms with van der Waals surface area (Å²) in [6, 6.07) is 3.87. The fourth-order valence-corrected chi connectivity index (χ4v) is 3.48. The first-order valence-electron chi connectivity index (χ1n) is 7.60. The normalized spacial score (nSPS) is 22.1. The van der Waals surface area contributed by atoms with E-state index < -0.39 is 5.91 Å². The molecule has 3 aliphatic rings. The summed E-state index contributed by atoms with van der Waals surface area (Å²) >= 11 is 0. The minimum absolute atomic E-state index is 0.143. The van der Waals surface area contributed by atoms with Crippen molar-refractivity contribution in [3.05, 3.63) is 34.1 Å². The molecule has 2 aliphatic heterocycles. The number of carbonyl (C=O) groups excluding carboxylic acids is 1. The molecule has 1 spiro atoms. The number of aromatic nitrogens is 1. The smallest absolute Gasteiger partial charge is 0.290 e. The number of amides is 1. The highest BCUT2D eigenvalue weighted by Crippen LogP contribution is 2.54. The Morgan fingerprint density at radius 3 is 2.64 bits per heavy atom. The van der Waals surface area contributed by atoms with Gasteiger partial charge in [-0.15, -0.1) is 0 Å². The van der Waals surface area contributed by atoms with E-state index in [-0.39, 0.29) is 5.57 Å². The van der Waals surface area contributed by atoms with Gasteiger partial charge in [0, 0.05) is 18.7 Å². The summed E-state index contributed by atoms with van der Waals surface area (Å²) in [5.41, 5.74) is 2.22. The van der Waals surface area contributed by atoms with Gasteiger partial charge in [-0.25, -0.2) is 4.99 Å². The van der Waals surface area contributed by atoms with Crippen molar-refractivity contribution in [1.82, 2.24) is 9.88 Å². The lowest BCUT2D eigenvalue weighted by molar-refractivity contribution is -0.114. The van der Waals surface area contributed by atoms with Crippen LogP contribution in [0.4, 0.5) is 0 Å². The quantitative estimate of drug-likeness (QED) is 0.766. The van der Waals surface area contributed by atoms with Crippen LogP contribution in [-0.4, -0.2) is 28.9 Å². The molecule has 0 unspecified atom stereocenters. The highest BCUT2D eigenvalue weighted by Gasteiger charge is 2.45. The number of fused-ring (bicyclic) bond motifs is 1. The zero-order chi connectivity index (χ0) is 15.3. The Kier molecular flexibility index (Phi) is 2.70. The van der Waals surface area contributed by atoms with Gasteiger partial charge < -0.3 is 4.90 Å². The fourth-order valence-electron chi connectivity index (χ4n) is 3.48. The topological polar surface area (TPSA) is 69.3 Å². The molecule has 2 fully saturated rings. The molecule has 1 amide bonds. The molecule has 0 radical (unpaired) electrons. The number of nitrogens with zero attached hydrogens (tertiary/aromatic N) is 4. The second-order valence-electron chi connectivity index (χ2n) is 6.43. The number of carbonyl (C=O) groups is 1. The van der Waals surface area contributed by atoms with E-state index in [9.17, 15) is 10.1 Å². The van der Waals surface area contributed by atoms with Gasteiger partial charge >= 0.3 is 0 Å². The summed E-state index contributed by atoms with van der Waals surface area (Å²) in [5.74, 6) is -0.463. The average Bonchev–Trinajstić information content (AvgIpc) is 3.27. The highest BCUT2D eigenvalue weighted by atomic mass is 16.1. The third-order valence-corrected chi connectivity index (χ3v) is 5.08. The first-order chi connectivity index (χ1) is 10.6. The van der Waals surface area contributed by atoms with Gasteiger partial charge in [0.15, 0.2) is 0 Å². The molecule has 5 heteroatoms. The van der Waals surface area contributed by atoms with Crippen molar-refractivity contribution in [2.75, 3.05) is 13.1 Å². The molecule has 0 bridgehead atoms. The maximum atomic E-state index is 12.1. The molecular weight excluding hydrogens is 276 g/mol. The predicted molar refractivity (Wildman–Crippen MR) is 80.6 cm³/mol. The van der Waals surface area contributed by atoms with Crippen LogP contribution in [0.5, 0.6) is 0 Å². The first-order valence-corrected chi connectivity index (χ1v) is 7.60. The van der Waals surface area contributed by atoms with E-state index >= 15 is 0 Å². The van der Waals surface area contributed by atoms with Gasteiger partial charge in [-0.1, -0.05) is 6.58 Å². The predicted octanol–water partition coefficient (Wildman–Crippen LogP) is 0.762. The van der Waals surface area contributed by atoms with Crippen LogP contribution >= 0.6 is 0 Å². The molecule has 110 valence electrons. The zero-order valence-electron chi connectivity index (χ0n) is 12.3. The van der Waals surface area contributed by atoms with E-state index in [1.165, 1.54) is 12.8 Å². The number of rotatable bonds is 1. The third-order valence-electron chi connectivity index (χ3n) is 5.08. The van der Waals surface area contributed by atoms with E-state index in [2.05, 4.69) is 27.5 Å². The van der Waals surface area contributed by atoms with Gasteiger partial charge in [-0.05, 0) is 37.2 Å². The Bertz CT molecular complexity index is 848. The summed E-state index contributed by atoms with van der Waals surface area (Å²) in [7, 11) is 0. The van der Waals surface area contributed by atoms with Gasteiger partial charge in [-0.2, -0.15) is 5.26 Å². The van der Waals surface area contributed by atoms with E-state index in [4.69, 9.17) is 0 Å². The van der Waals surface area contributed by atoms with Gasteiger partial charge in [-0.3, -0.25) is 9.78 Å². The van der Waals surface area contributed by atoms with E-state index in [1.54, 1.807) is 6.20 Å². The van der Waals surface area contributed by atoms with Gasteiger partial charge in [0.2, 0.25) is 0 Å². The highest BCUT2D eigenvalue weighted by molar-refractivity contribution is 6.06. The van der Waals surface area contributed by atoms with E-state index in [0.717, 1.165) is 37.2 Å². The molecule has 0 aromatic carbocycles. The monoisotopic (exact) mass is 292 g/mol. The standard InChI is InChI=1S/C17H16N4O/c1-11-8-12-14(10-19-11)20-16(22)13(9-18)15(12)21-6-4-17(2-3-17)5-7-21/h8,10H,1-7H2. The maximum Gasteiger partial charge on any atom is 0.290 e. The SMILES string of the molecule is C=c1cc2c(cn1)=NC(=O)C(C#N)=C2N1CCC2(CC1)CC2. The van der Waals surface area contributed by atoms with Crippen LogP contribution in [0.15, 0.2) is 22.8 Å².